The lowest BCUT2D eigenvalue weighted by atomic mass is 10.1. The number of carbonyl (C=O) groups is 2. The number of hydrogen-bond acceptors (Lipinski definition) is 2. The van der Waals surface area contributed by atoms with Crippen LogP contribution >= 0.6 is 15.9 Å². The Kier molecular flexibility index (Phi) is 4.66. The van der Waals surface area contributed by atoms with E-state index in [9.17, 15) is 14.0 Å². The molecule has 1 saturated carbocycles. The second-order valence-electron chi connectivity index (χ2n) is 5.83. The number of amides is 1. The molecule has 1 amide bonds. The Labute approximate surface area is 147 Å². The highest BCUT2D eigenvalue weighted by atomic mass is 79.9. The number of aromatic carboxylic acids is 1. The molecule has 0 atom stereocenters. The number of carbonyl (C=O) groups excluding carboxylic acids is 1. The number of halogens is 2. The summed E-state index contributed by atoms with van der Waals surface area (Å²) in [5.74, 6) is -1.68. The summed E-state index contributed by atoms with van der Waals surface area (Å²) in [5.41, 5.74) is 1.07. The number of hydrogen-bond donors (Lipinski definition) is 1. The fraction of sp³-hybridized carbons (Fsp3) is 0.222. The minimum Gasteiger partial charge on any atom is -0.478 e. The molecule has 0 aliphatic heterocycles. The van der Waals surface area contributed by atoms with Crippen LogP contribution in [0.1, 0.15) is 39.1 Å². The lowest BCUT2D eigenvalue weighted by molar-refractivity contribution is 0.0696. The largest absolute Gasteiger partial charge is 0.478 e. The summed E-state index contributed by atoms with van der Waals surface area (Å²) < 4.78 is 13.9. The fourth-order valence-electron chi connectivity index (χ4n) is 2.59. The van der Waals surface area contributed by atoms with Crippen LogP contribution in [0.3, 0.4) is 0 Å². The molecule has 0 spiro atoms. The maximum Gasteiger partial charge on any atom is 0.335 e. The van der Waals surface area contributed by atoms with Crippen molar-refractivity contribution >= 4 is 27.8 Å². The second-order valence-corrected chi connectivity index (χ2v) is 6.74. The van der Waals surface area contributed by atoms with Gasteiger partial charge in [-0.2, -0.15) is 0 Å². The van der Waals surface area contributed by atoms with Gasteiger partial charge in [0.2, 0.25) is 0 Å². The van der Waals surface area contributed by atoms with Crippen molar-refractivity contribution in [1.29, 1.82) is 0 Å². The zero-order valence-electron chi connectivity index (χ0n) is 12.7. The van der Waals surface area contributed by atoms with E-state index in [1.165, 1.54) is 24.3 Å². The Morgan fingerprint density at radius 3 is 2.50 bits per heavy atom. The van der Waals surface area contributed by atoms with Crippen LogP contribution in [0.15, 0.2) is 46.9 Å². The normalized spacial score (nSPS) is 13.6. The van der Waals surface area contributed by atoms with Gasteiger partial charge in [-0.1, -0.05) is 28.1 Å². The smallest absolute Gasteiger partial charge is 0.335 e. The van der Waals surface area contributed by atoms with Gasteiger partial charge in [0.15, 0.2) is 0 Å². The minimum absolute atomic E-state index is 0.0502. The number of carboxylic acid groups (broad SMARTS) is 1. The predicted octanol–water partition coefficient (Wildman–Crippen LogP) is 4.09. The van der Waals surface area contributed by atoms with Crippen molar-refractivity contribution in [2.75, 3.05) is 0 Å². The van der Waals surface area contributed by atoms with Gasteiger partial charge in [-0.3, -0.25) is 4.79 Å². The number of rotatable bonds is 5. The number of nitrogens with zero attached hydrogens (tertiary/aromatic N) is 1. The quantitative estimate of drug-likeness (QED) is 0.834. The molecule has 2 aromatic rings. The molecule has 0 radical (unpaired) electrons. The first-order valence-electron chi connectivity index (χ1n) is 7.53. The summed E-state index contributed by atoms with van der Waals surface area (Å²) >= 11 is 3.24. The second kappa shape index (κ2) is 6.73. The maximum absolute atomic E-state index is 13.4. The van der Waals surface area contributed by atoms with Crippen molar-refractivity contribution in [3.8, 4) is 0 Å². The third kappa shape index (κ3) is 3.82. The Morgan fingerprint density at radius 2 is 1.88 bits per heavy atom. The van der Waals surface area contributed by atoms with Gasteiger partial charge in [0, 0.05) is 22.6 Å². The molecule has 1 aliphatic rings. The van der Waals surface area contributed by atoms with Crippen LogP contribution < -0.4 is 0 Å². The molecular formula is C18H15BrFNO3. The molecule has 124 valence electrons. The van der Waals surface area contributed by atoms with Gasteiger partial charge >= 0.3 is 5.97 Å². The molecule has 3 rings (SSSR count). The molecule has 4 nitrogen and oxygen atoms in total. The molecule has 0 saturated heterocycles. The molecule has 2 aromatic carbocycles. The van der Waals surface area contributed by atoms with E-state index in [1.54, 1.807) is 23.1 Å². The van der Waals surface area contributed by atoms with Gasteiger partial charge in [0.1, 0.15) is 5.82 Å². The fourth-order valence-corrected chi connectivity index (χ4v) is 3.08. The lowest BCUT2D eigenvalue weighted by Gasteiger charge is -2.23. The van der Waals surface area contributed by atoms with Gasteiger partial charge in [0.05, 0.1) is 5.56 Å². The molecule has 0 aromatic heterocycles. The average molecular weight is 392 g/mol. The van der Waals surface area contributed by atoms with Gasteiger partial charge in [-0.05, 0) is 48.7 Å². The van der Waals surface area contributed by atoms with Gasteiger partial charge in [0.25, 0.3) is 5.91 Å². The van der Waals surface area contributed by atoms with Crippen LogP contribution in [0.2, 0.25) is 0 Å². The summed E-state index contributed by atoms with van der Waals surface area (Å²) in [6.07, 6.45) is 1.81. The number of benzene rings is 2. The molecule has 1 fully saturated rings. The van der Waals surface area contributed by atoms with E-state index in [2.05, 4.69) is 15.9 Å². The Morgan fingerprint density at radius 1 is 1.17 bits per heavy atom. The summed E-state index contributed by atoms with van der Waals surface area (Å²) in [5, 5.41) is 9.15. The first-order chi connectivity index (χ1) is 11.4. The third-order valence-electron chi connectivity index (χ3n) is 3.88. The van der Waals surface area contributed by atoms with Crippen LogP contribution in [0, 0.1) is 5.82 Å². The molecule has 0 heterocycles. The lowest BCUT2D eigenvalue weighted by Crippen LogP contribution is -2.32. The zero-order valence-corrected chi connectivity index (χ0v) is 14.3. The van der Waals surface area contributed by atoms with Crippen LogP contribution in [-0.2, 0) is 6.54 Å². The molecule has 1 N–H and O–H groups in total. The van der Waals surface area contributed by atoms with Crippen molar-refractivity contribution in [2.24, 2.45) is 0 Å². The topological polar surface area (TPSA) is 57.6 Å². The van der Waals surface area contributed by atoms with Gasteiger partial charge in [-0.25, -0.2) is 9.18 Å². The molecule has 0 unspecified atom stereocenters. The van der Waals surface area contributed by atoms with Crippen molar-refractivity contribution in [3.63, 3.8) is 0 Å². The molecule has 1 aliphatic carbocycles. The Balaban J connectivity index is 1.89. The van der Waals surface area contributed by atoms with E-state index in [0.29, 0.717) is 22.1 Å². The van der Waals surface area contributed by atoms with E-state index in [1.807, 2.05) is 0 Å². The molecule has 6 heteroatoms. The Hall–Kier alpha value is -2.21. The Bertz CT molecular complexity index is 805. The first-order valence-corrected chi connectivity index (χ1v) is 8.32. The average Bonchev–Trinajstić information content (AvgIpc) is 3.36. The maximum atomic E-state index is 13.4. The SMILES string of the molecule is O=C(O)c1cc(Br)cc(C(=O)N(Cc2cccc(F)c2)C2CC2)c1. The van der Waals surface area contributed by atoms with Crippen molar-refractivity contribution < 1.29 is 19.1 Å². The van der Waals surface area contributed by atoms with Crippen LogP contribution in [0.5, 0.6) is 0 Å². The predicted molar refractivity (Wildman–Crippen MR) is 90.4 cm³/mol. The van der Waals surface area contributed by atoms with E-state index in [4.69, 9.17) is 5.11 Å². The van der Waals surface area contributed by atoms with E-state index < -0.39 is 5.97 Å². The van der Waals surface area contributed by atoms with E-state index >= 15 is 0 Å². The third-order valence-corrected chi connectivity index (χ3v) is 4.34. The summed E-state index contributed by atoms with van der Waals surface area (Å²) in [6.45, 7) is 0.302. The van der Waals surface area contributed by atoms with Gasteiger partial charge in [-0.15, -0.1) is 0 Å². The van der Waals surface area contributed by atoms with Crippen LogP contribution in [0.25, 0.3) is 0 Å². The summed E-state index contributed by atoms with van der Waals surface area (Å²) in [7, 11) is 0. The van der Waals surface area contributed by atoms with E-state index in [-0.39, 0.29) is 23.3 Å². The highest BCUT2D eigenvalue weighted by Gasteiger charge is 2.33. The van der Waals surface area contributed by atoms with Crippen molar-refractivity contribution in [1.82, 2.24) is 4.90 Å². The highest BCUT2D eigenvalue weighted by Crippen LogP contribution is 2.30. The van der Waals surface area contributed by atoms with Crippen molar-refractivity contribution in [3.05, 3.63) is 69.4 Å². The standard InChI is InChI=1S/C18H15BrFNO3/c19-14-8-12(7-13(9-14)18(23)24)17(22)21(16-4-5-16)10-11-2-1-3-15(20)6-11/h1-3,6-9,16H,4-5,10H2,(H,23,24). The highest BCUT2D eigenvalue weighted by molar-refractivity contribution is 9.10. The van der Waals surface area contributed by atoms with Crippen LogP contribution in [0.4, 0.5) is 4.39 Å². The minimum atomic E-state index is -1.09. The monoisotopic (exact) mass is 391 g/mol. The number of carboxylic acids is 1. The molecule has 0 bridgehead atoms. The summed E-state index contributed by atoms with van der Waals surface area (Å²) in [4.78, 5) is 25.7. The van der Waals surface area contributed by atoms with Crippen LogP contribution in [-0.4, -0.2) is 27.9 Å². The van der Waals surface area contributed by atoms with Crippen molar-refractivity contribution in [2.45, 2.75) is 25.4 Å². The summed E-state index contributed by atoms with van der Waals surface area (Å²) in [6, 6.07) is 10.7. The zero-order chi connectivity index (χ0) is 17.3. The first kappa shape index (κ1) is 16.6. The molecular weight excluding hydrogens is 377 g/mol. The van der Waals surface area contributed by atoms with Gasteiger partial charge < -0.3 is 10.0 Å². The molecule has 24 heavy (non-hydrogen) atoms. The van der Waals surface area contributed by atoms with E-state index in [0.717, 1.165) is 12.8 Å².